The van der Waals surface area contributed by atoms with Crippen molar-refractivity contribution in [3.8, 4) is 0 Å². The minimum Gasteiger partial charge on any atom is -0.391 e. The van der Waals surface area contributed by atoms with Crippen LogP contribution in [0.4, 0.5) is 0 Å². The first-order valence-corrected chi connectivity index (χ1v) is 6.90. The number of allylic oxidation sites excluding steroid dienone is 4. The van der Waals surface area contributed by atoms with E-state index < -0.39 is 6.10 Å². The standard InChI is InChI=1S/C16H27NO2/c1-5-7-8-9-14(4)10-15(17-12-18)16(19)11-13(3)6-2/h5,7-9,12-13,15-16,19H,4,6,10-11H2,1-3H3,(H,17,18)/b7-5-,9-8-. The van der Waals surface area contributed by atoms with Crippen molar-refractivity contribution in [1.82, 2.24) is 5.32 Å². The van der Waals surface area contributed by atoms with E-state index in [4.69, 9.17) is 0 Å². The molecule has 0 saturated carbocycles. The Morgan fingerprint density at radius 1 is 1.42 bits per heavy atom. The van der Waals surface area contributed by atoms with Gasteiger partial charge in [-0.1, -0.05) is 56.7 Å². The van der Waals surface area contributed by atoms with Crippen LogP contribution >= 0.6 is 0 Å². The summed E-state index contributed by atoms with van der Waals surface area (Å²) in [4.78, 5) is 10.6. The maximum atomic E-state index is 10.6. The van der Waals surface area contributed by atoms with Crippen LogP contribution in [-0.2, 0) is 4.79 Å². The van der Waals surface area contributed by atoms with Gasteiger partial charge in [0.15, 0.2) is 0 Å². The molecule has 3 unspecified atom stereocenters. The van der Waals surface area contributed by atoms with Crippen LogP contribution in [0, 0.1) is 5.92 Å². The van der Waals surface area contributed by atoms with Gasteiger partial charge in [-0.3, -0.25) is 4.79 Å². The molecule has 108 valence electrons. The highest BCUT2D eigenvalue weighted by Gasteiger charge is 2.20. The molecule has 0 rings (SSSR count). The van der Waals surface area contributed by atoms with Gasteiger partial charge in [0.05, 0.1) is 12.1 Å². The summed E-state index contributed by atoms with van der Waals surface area (Å²) in [6, 6.07) is -0.269. The fourth-order valence-electron chi connectivity index (χ4n) is 1.79. The van der Waals surface area contributed by atoms with Crippen molar-refractivity contribution in [2.24, 2.45) is 5.92 Å². The predicted octanol–water partition coefficient (Wildman–Crippen LogP) is 2.98. The van der Waals surface area contributed by atoms with Crippen LogP contribution in [0.1, 0.15) is 40.0 Å². The first kappa shape index (κ1) is 17.6. The minimum absolute atomic E-state index is 0.269. The van der Waals surface area contributed by atoms with E-state index >= 15 is 0 Å². The highest BCUT2D eigenvalue weighted by molar-refractivity contribution is 5.47. The molecule has 0 aliphatic carbocycles. The number of carbonyl (C=O) groups is 1. The topological polar surface area (TPSA) is 49.3 Å². The highest BCUT2D eigenvalue weighted by Crippen LogP contribution is 2.16. The third-order valence-corrected chi connectivity index (χ3v) is 3.20. The Balaban J connectivity index is 4.46. The Hall–Kier alpha value is -1.35. The monoisotopic (exact) mass is 265 g/mol. The molecule has 3 heteroatoms. The van der Waals surface area contributed by atoms with Crippen LogP contribution in [0.25, 0.3) is 0 Å². The summed E-state index contributed by atoms with van der Waals surface area (Å²) < 4.78 is 0. The molecule has 19 heavy (non-hydrogen) atoms. The summed E-state index contributed by atoms with van der Waals surface area (Å²) in [6.07, 6.45) is 10.0. The maximum Gasteiger partial charge on any atom is 0.207 e. The lowest BCUT2D eigenvalue weighted by Crippen LogP contribution is -2.40. The van der Waals surface area contributed by atoms with E-state index in [-0.39, 0.29) is 6.04 Å². The van der Waals surface area contributed by atoms with Gasteiger partial charge in [0.2, 0.25) is 6.41 Å². The number of hydrogen-bond donors (Lipinski definition) is 2. The summed E-state index contributed by atoms with van der Waals surface area (Å²) in [7, 11) is 0. The molecule has 0 aromatic carbocycles. The molecule has 0 saturated heterocycles. The van der Waals surface area contributed by atoms with E-state index in [0.29, 0.717) is 25.2 Å². The number of amides is 1. The van der Waals surface area contributed by atoms with Gasteiger partial charge in [0.25, 0.3) is 0 Å². The summed E-state index contributed by atoms with van der Waals surface area (Å²) >= 11 is 0. The van der Waals surface area contributed by atoms with Crippen molar-refractivity contribution in [2.45, 2.75) is 52.2 Å². The molecule has 0 aliphatic heterocycles. The van der Waals surface area contributed by atoms with Crippen molar-refractivity contribution in [3.05, 3.63) is 36.5 Å². The molecule has 0 aliphatic rings. The van der Waals surface area contributed by atoms with Crippen molar-refractivity contribution < 1.29 is 9.90 Å². The van der Waals surface area contributed by atoms with Crippen LogP contribution in [0.15, 0.2) is 36.5 Å². The van der Waals surface area contributed by atoms with Crippen molar-refractivity contribution in [3.63, 3.8) is 0 Å². The lowest BCUT2D eigenvalue weighted by Gasteiger charge is -2.24. The van der Waals surface area contributed by atoms with Crippen LogP contribution in [0.5, 0.6) is 0 Å². The molecular weight excluding hydrogens is 238 g/mol. The predicted molar refractivity (Wildman–Crippen MR) is 80.8 cm³/mol. The van der Waals surface area contributed by atoms with Gasteiger partial charge in [-0.15, -0.1) is 0 Å². The van der Waals surface area contributed by atoms with Gasteiger partial charge in [-0.2, -0.15) is 0 Å². The van der Waals surface area contributed by atoms with E-state index in [2.05, 4.69) is 25.7 Å². The Kier molecular flexibility index (Phi) is 9.81. The van der Waals surface area contributed by atoms with Crippen molar-refractivity contribution >= 4 is 6.41 Å². The van der Waals surface area contributed by atoms with E-state index in [1.807, 2.05) is 31.2 Å². The molecule has 1 amide bonds. The lowest BCUT2D eigenvalue weighted by atomic mass is 9.93. The first-order valence-electron chi connectivity index (χ1n) is 6.90. The van der Waals surface area contributed by atoms with Gasteiger partial charge in [-0.05, 0) is 25.7 Å². The van der Waals surface area contributed by atoms with Crippen LogP contribution in [-0.4, -0.2) is 23.7 Å². The molecule has 0 spiro atoms. The van der Waals surface area contributed by atoms with E-state index in [1.165, 1.54) is 0 Å². The lowest BCUT2D eigenvalue weighted by molar-refractivity contribution is -0.111. The highest BCUT2D eigenvalue weighted by atomic mass is 16.3. The Bertz CT molecular complexity index is 321. The normalized spacial score (nSPS) is 16.4. The van der Waals surface area contributed by atoms with E-state index in [0.717, 1.165) is 12.0 Å². The minimum atomic E-state index is -0.535. The molecule has 0 radical (unpaired) electrons. The average molecular weight is 265 g/mol. The summed E-state index contributed by atoms with van der Waals surface area (Å²) in [5.74, 6) is 0.442. The fourth-order valence-corrected chi connectivity index (χ4v) is 1.79. The SMILES string of the molecule is C=C(/C=C\C=C/C)CC(NC=O)C(O)CC(C)CC. The molecule has 0 bridgehead atoms. The second-order valence-corrected chi connectivity index (χ2v) is 4.95. The summed E-state index contributed by atoms with van der Waals surface area (Å²) in [5.41, 5.74) is 0.889. The molecular formula is C16H27NO2. The molecule has 0 fully saturated rings. The Morgan fingerprint density at radius 3 is 2.63 bits per heavy atom. The number of nitrogens with one attached hydrogen (secondary N) is 1. The molecule has 2 N–H and O–H groups in total. The Labute approximate surface area is 117 Å². The molecule has 0 heterocycles. The third kappa shape index (κ3) is 8.38. The maximum absolute atomic E-state index is 10.6. The van der Waals surface area contributed by atoms with Gasteiger partial charge in [0, 0.05) is 0 Å². The number of carbonyl (C=O) groups excluding carboxylic acids is 1. The zero-order valence-electron chi connectivity index (χ0n) is 12.3. The average Bonchev–Trinajstić information content (AvgIpc) is 2.38. The van der Waals surface area contributed by atoms with Crippen molar-refractivity contribution in [1.29, 1.82) is 0 Å². The first-order chi connectivity index (χ1) is 9.04. The summed E-state index contributed by atoms with van der Waals surface area (Å²) in [6.45, 7) is 10.1. The van der Waals surface area contributed by atoms with E-state index in [1.54, 1.807) is 0 Å². The zero-order chi connectivity index (χ0) is 14.7. The second kappa shape index (κ2) is 10.6. The molecule has 3 nitrogen and oxygen atoms in total. The molecule has 3 atom stereocenters. The second-order valence-electron chi connectivity index (χ2n) is 4.95. The third-order valence-electron chi connectivity index (χ3n) is 3.20. The van der Waals surface area contributed by atoms with E-state index in [9.17, 15) is 9.90 Å². The smallest absolute Gasteiger partial charge is 0.207 e. The number of aliphatic hydroxyl groups excluding tert-OH is 1. The van der Waals surface area contributed by atoms with Gasteiger partial charge >= 0.3 is 0 Å². The quantitative estimate of drug-likeness (QED) is 0.471. The number of rotatable bonds is 10. The van der Waals surface area contributed by atoms with Crippen molar-refractivity contribution in [2.75, 3.05) is 0 Å². The fraction of sp³-hybridized carbons (Fsp3) is 0.562. The zero-order valence-corrected chi connectivity index (χ0v) is 12.3. The summed E-state index contributed by atoms with van der Waals surface area (Å²) in [5, 5.41) is 12.9. The van der Waals surface area contributed by atoms with Crippen LogP contribution in [0.2, 0.25) is 0 Å². The molecule has 0 aromatic heterocycles. The van der Waals surface area contributed by atoms with Crippen LogP contribution < -0.4 is 5.32 Å². The molecule has 0 aromatic rings. The largest absolute Gasteiger partial charge is 0.391 e. The van der Waals surface area contributed by atoms with Crippen LogP contribution in [0.3, 0.4) is 0 Å². The van der Waals surface area contributed by atoms with Gasteiger partial charge in [-0.25, -0.2) is 0 Å². The number of aliphatic hydroxyl groups is 1. The number of hydrogen-bond acceptors (Lipinski definition) is 2. The van der Waals surface area contributed by atoms with Gasteiger partial charge < -0.3 is 10.4 Å². The van der Waals surface area contributed by atoms with Gasteiger partial charge in [0.1, 0.15) is 0 Å². The Morgan fingerprint density at radius 2 is 2.11 bits per heavy atom.